The molecule has 0 saturated carbocycles. The Morgan fingerprint density at radius 3 is 2.83 bits per heavy atom. The van der Waals surface area contributed by atoms with Crippen LogP contribution in [0.3, 0.4) is 0 Å². The fourth-order valence-electron chi connectivity index (χ4n) is 3.32. The van der Waals surface area contributed by atoms with Crippen LogP contribution in [0.4, 0.5) is 0 Å². The van der Waals surface area contributed by atoms with Crippen molar-refractivity contribution in [3.05, 3.63) is 77.4 Å². The van der Waals surface area contributed by atoms with Crippen molar-refractivity contribution in [2.24, 2.45) is 0 Å². The molecule has 1 N–H and O–H groups in total. The minimum Gasteiger partial charge on any atom is -0.493 e. The maximum absolute atomic E-state index is 12.9. The number of nitrogens with one attached hydrogen (secondary N) is 1. The van der Waals surface area contributed by atoms with Gasteiger partial charge in [-0.05, 0) is 29.8 Å². The Kier molecular flexibility index (Phi) is 3.69. The van der Waals surface area contributed by atoms with Crippen LogP contribution in [0.2, 0.25) is 0 Å². The highest BCUT2D eigenvalue weighted by atomic mass is 16.5. The number of amides is 1. The van der Waals surface area contributed by atoms with Gasteiger partial charge in [-0.25, -0.2) is 0 Å². The first-order valence-electron chi connectivity index (χ1n) is 8.24. The van der Waals surface area contributed by atoms with E-state index in [9.17, 15) is 4.79 Å². The third kappa shape index (κ3) is 2.62. The van der Waals surface area contributed by atoms with Gasteiger partial charge in [-0.15, -0.1) is 0 Å². The predicted molar refractivity (Wildman–Crippen MR) is 95.4 cm³/mol. The molecule has 0 radical (unpaired) electrons. The highest BCUT2D eigenvalue weighted by Gasteiger charge is 2.24. The lowest BCUT2D eigenvalue weighted by atomic mass is 9.97. The van der Waals surface area contributed by atoms with E-state index in [1.807, 2.05) is 54.6 Å². The molecular weight excluding hydrogens is 298 g/mol. The summed E-state index contributed by atoms with van der Waals surface area (Å²) in [6.07, 6.45) is 0.785. The summed E-state index contributed by atoms with van der Waals surface area (Å²) in [4.78, 5) is 12.9. The van der Waals surface area contributed by atoms with Gasteiger partial charge < -0.3 is 10.1 Å². The standard InChI is InChI=1S/C21H19NO2/c1-14-9-10-20-18(13-14)19(11-12-24-20)22-21(23)17-8-4-6-15-5-2-3-7-16(15)17/h2-10,13,19H,11-12H2,1H3,(H,22,23). The molecule has 4 rings (SSSR count). The van der Waals surface area contributed by atoms with E-state index in [0.29, 0.717) is 12.2 Å². The van der Waals surface area contributed by atoms with Gasteiger partial charge in [0.2, 0.25) is 0 Å². The van der Waals surface area contributed by atoms with Crippen molar-refractivity contribution in [2.75, 3.05) is 6.61 Å². The first kappa shape index (κ1) is 14.8. The quantitative estimate of drug-likeness (QED) is 0.760. The van der Waals surface area contributed by atoms with E-state index in [-0.39, 0.29) is 11.9 Å². The summed E-state index contributed by atoms with van der Waals surface area (Å²) in [7, 11) is 0. The first-order chi connectivity index (χ1) is 11.7. The molecule has 1 aliphatic rings. The number of carbonyl (C=O) groups is 1. The molecule has 0 aromatic heterocycles. The third-order valence-corrected chi connectivity index (χ3v) is 4.54. The van der Waals surface area contributed by atoms with Gasteiger partial charge in [0.25, 0.3) is 5.91 Å². The zero-order valence-corrected chi connectivity index (χ0v) is 13.6. The van der Waals surface area contributed by atoms with E-state index < -0.39 is 0 Å². The van der Waals surface area contributed by atoms with Gasteiger partial charge in [-0.2, -0.15) is 0 Å². The number of hydrogen-bond acceptors (Lipinski definition) is 2. The molecule has 120 valence electrons. The van der Waals surface area contributed by atoms with Crippen LogP contribution in [0.1, 0.15) is 33.9 Å². The summed E-state index contributed by atoms with van der Waals surface area (Å²) < 4.78 is 5.71. The molecule has 0 fully saturated rings. The van der Waals surface area contributed by atoms with E-state index in [1.54, 1.807) is 0 Å². The lowest BCUT2D eigenvalue weighted by molar-refractivity contribution is 0.0926. The molecule has 0 spiro atoms. The van der Waals surface area contributed by atoms with Crippen molar-refractivity contribution in [2.45, 2.75) is 19.4 Å². The van der Waals surface area contributed by atoms with Crippen LogP contribution < -0.4 is 10.1 Å². The van der Waals surface area contributed by atoms with Crippen LogP contribution in [-0.4, -0.2) is 12.5 Å². The highest BCUT2D eigenvalue weighted by Crippen LogP contribution is 2.33. The van der Waals surface area contributed by atoms with E-state index in [1.165, 1.54) is 5.56 Å². The fraction of sp³-hybridized carbons (Fsp3) is 0.190. The lowest BCUT2D eigenvalue weighted by Gasteiger charge is -2.27. The zero-order chi connectivity index (χ0) is 16.5. The molecule has 0 bridgehead atoms. The van der Waals surface area contributed by atoms with Crippen LogP contribution in [0.15, 0.2) is 60.7 Å². The monoisotopic (exact) mass is 317 g/mol. The van der Waals surface area contributed by atoms with Crippen molar-refractivity contribution < 1.29 is 9.53 Å². The van der Waals surface area contributed by atoms with Crippen LogP contribution in [-0.2, 0) is 0 Å². The molecule has 0 saturated heterocycles. The average molecular weight is 317 g/mol. The average Bonchev–Trinajstić information content (AvgIpc) is 2.61. The number of hydrogen-bond donors (Lipinski definition) is 1. The molecule has 3 aromatic rings. The summed E-state index contributed by atoms with van der Waals surface area (Å²) in [5.74, 6) is 0.834. The maximum Gasteiger partial charge on any atom is 0.252 e. The topological polar surface area (TPSA) is 38.3 Å². The highest BCUT2D eigenvalue weighted by molar-refractivity contribution is 6.07. The second-order valence-corrected chi connectivity index (χ2v) is 6.23. The second kappa shape index (κ2) is 6.00. The number of benzene rings is 3. The molecule has 24 heavy (non-hydrogen) atoms. The third-order valence-electron chi connectivity index (χ3n) is 4.54. The first-order valence-corrected chi connectivity index (χ1v) is 8.24. The number of fused-ring (bicyclic) bond motifs is 2. The Morgan fingerprint density at radius 2 is 1.92 bits per heavy atom. The Hall–Kier alpha value is -2.81. The molecular formula is C21H19NO2. The molecule has 1 heterocycles. The smallest absolute Gasteiger partial charge is 0.252 e. The van der Waals surface area contributed by atoms with Crippen LogP contribution in [0.25, 0.3) is 10.8 Å². The Balaban J connectivity index is 1.67. The summed E-state index contributed by atoms with van der Waals surface area (Å²) in [5, 5.41) is 5.25. The number of aryl methyl sites for hydroxylation is 1. The van der Waals surface area contributed by atoms with Gasteiger partial charge in [0, 0.05) is 17.5 Å². The lowest BCUT2D eigenvalue weighted by Crippen LogP contribution is -2.32. The number of carbonyl (C=O) groups excluding carboxylic acids is 1. The van der Waals surface area contributed by atoms with Gasteiger partial charge in [-0.1, -0.05) is 54.1 Å². The Labute approximate surface area is 141 Å². The molecule has 3 aromatic carbocycles. The summed E-state index contributed by atoms with van der Waals surface area (Å²) in [5.41, 5.74) is 2.95. The van der Waals surface area contributed by atoms with Gasteiger partial charge >= 0.3 is 0 Å². The minimum atomic E-state index is -0.0360. The van der Waals surface area contributed by atoms with Gasteiger partial charge in [-0.3, -0.25) is 4.79 Å². The van der Waals surface area contributed by atoms with Crippen molar-refractivity contribution in [3.63, 3.8) is 0 Å². The molecule has 1 aliphatic heterocycles. The number of rotatable bonds is 2. The van der Waals surface area contributed by atoms with Crippen molar-refractivity contribution in [1.29, 1.82) is 0 Å². The largest absolute Gasteiger partial charge is 0.493 e. The molecule has 3 heteroatoms. The van der Waals surface area contributed by atoms with Crippen molar-refractivity contribution >= 4 is 16.7 Å². The summed E-state index contributed by atoms with van der Waals surface area (Å²) in [6, 6.07) is 19.9. The second-order valence-electron chi connectivity index (χ2n) is 6.23. The molecule has 1 atom stereocenters. The van der Waals surface area contributed by atoms with Crippen molar-refractivity contribution in [1.82, 2.24) is 5.32 Å². The molecule has 3 nitrogen and oxygen atoms in total. The SMILES string of the molecule is Cc1ccc2c(c1)C(NC(=O)c1cccc3ccccc13)CCO2. The fourth-order valence-corrected chi connectivity index (χ4v) is 3.32. The molecule has 1 amide bonds. The van der Waals surface area contributed by atoms with Gasteiger partial charge in [0.05, 0.1) is 12.6 Å². The van der Waals surface area contributed by atoms with E-state index in [2.05, 4.69) is 18.3 Å². The van der Waals surface area contributed by atoms with Crippen LogP contribution in [0.5, 0.6) is 5.75 Å². The van der Waals surface area contributed by atoms with E-state index in [4.69, 9.17) is 4.74 Å². The maximum atomic E-state index is 12.9. The number of ether oxygens (including phenoxy) is 1. The predicted octanol–water partition coefficient (Wildman–Crippen LogP) is 4.40. The van der Waals surface area contributed by atoms with Crippen LogP contribution in [0, 0.1) is 6.92 Å². The van der Waals surface area contributed by atoms with Gasteiger partial charge in [0.15, 0.2) is 0 Å². The van der Waals surface area contributed by atoms with Gasteiger partial charge in [0.1, 0.15) is 5.75 Å². The zero-order valence-electron chi connectivity index (χ0n) is 13.6. The van der Waals surface area contributed by atoms with E-state index in [0.717, 1.165) is 28.5 Å². The molecule has 1 unspecified atom stereocenters. The summed E-state index contributed by atoms with van der Waals surface area (Å²) in [6.45, 7) is 2.68. The van der Waals surface area contributed by atoms with Crippen molar-refractivity contribution in [3.8, 4) is 5.75 Å². The Bertz CT molecular complexity index is 911. The minimum absolute atomic E-state index is 0.0138. The Morgan fingerprint density at radius 1 is 1.08 bits per heavy atom. The van der Waals surface area contributed by atoms with E-state index >= 15 is 0 Å². The summed E-state index contributed by atoms with van der Waals surface area (Å²) >= 11 is 0. The van der Waals surface area contributed by atoms with Crippen LogP contribution >= 0.6 is 0 Å². The normalized spacial score (nSPS) is 16.3. The molecule has 0 aliphatic carbocycles.